The third kappa shape index (κ3) is 3.71. The molecule has 2 atom stereocenters. The zero-order valence-corrected chi connectivity index (χ0v) is 14.2. The van der Waals surface area contributed by atoms with Crippen molar-refractivity contribution < 1.29 is 27.6 Å². The second kappa shape index (κ2) is 7.11. The third-order valence-electron chi connectivity index (χ3n) is 4.80. The summed E-state index contributed by atoms with van der Waals surface area (Å²) in [6, 6.07) is 6.70. The van der Waals surface area contributed by atoms with Crippen molar-refractivity contribution in [3.63, 3.8) is 0 Å². The Morgan fingerprint density at radius 1 is 1.26 bits per heavy atom. The van der Waals surface area contributed by atoms with Crippen LogP contribution in [0.4, 0.5) is 17.6 Å². The Hall–Kier alpha value is -2.74. The minimum absolute atomic E-state index is 0.301. The summed E-state index contributed by atoms with van der Waals surface area (Å²) in [6.45, 7) is 1.59. The van der Waals surface area contributed by atoms with E-state index in [1.807, 2.05) is 0 Å². The summed E-state index contributed by atoms with van der Waals surface area (Å²) >= 11 is 0. The van der Waals surface area contributed by atoms with Gasteiger partial charge in [-0.05, 0) is 47.7 Å². The van der Waals surface area contributed by atoms with Crippen LogP contribution in [-0.2, 0) is 11.0 Å². The molecule has 8 heteroatoms. The molecule has 0 saturated heterocycles. The molecule has 0 saturated carbocycles. The zero-order chi connectivity index (χ0) is 19.8. The van der Waals surface area contributed by atoms with Crippen LogP contribution in [0.5, 0.6) is 0 Å². The van der Waals surface area contributed by atoms with E-state index in [1.165, 1.54) is 18.2 Å². The number of alkyl halides is 3. The lowest BCUT2D eigenvalue weighted by molar-refractivity contribution is -0.141. The van der Waals surface area contributed by atoms with E-state index in [4.69, 9.17) is 5.21 Å². The smallest absolute Gasteiger partial charge is 0.289 e. The van der Waals surface area contributed by atoms with Gasteiger partial charge in [-0.1, -0.05) is 24.3 Å². The van der Waals surface area contributed by atoms with Gasteiger partial charge in [0.2, 0.25) is 0 Å². The van der Waals surface area contributed by atoms with Gasteiger partial charge < -0.3 is 0 Å². The molecule has 1 aromatic heterocycles. The number of pyridine rings is 1. The highest BCUT2D eigenvalue weighted by Gasteiger charge is 2.36. The van der Waals surface area contributed by atoms with Gasteiger partial charge >= 0.3 is 6.18 Å². The summed E-state index contributed by atoms with van der Waals surface area (Å²) in [5.41, 5.74) is 2.64. The molecular weight excluding hydrogens is 364 g/mol. The molecule has 1 amide bonds. The van der Waals surface area contributed by atoms with Gasteiger partial charge in [0, 0.05) is 12.1 Å². The number of carbonyl (C=O) groups excluding carboxylic acids is 1. The maximum absolute atomic E-state index is 13.9. The molecule has 3 rings (SSSR count). The summed E-state index contributed by atoms with van der Waals surface area (Å²) in [4.78, 5) is 15.5. The summed E-state index contributed by atoms with van der Waals surface area (Å²) in [5, 5.41) is 9.03. The predicted octanol–water partition coefficient (Wildman–Crippen LogP) is 4.24. The van der Waals surface area contributed by atoms with Gasteiger partial charge in [-0.15, -0.1) is 0 Å². The second-order valence-electron chi connectivity index (χ2n) is 6.39. The molecular formula is C19H16F4N2O2. The van der Waals surface area contributed by atoms with E-state index in [0.717, 1.165) is 12.3 Å². The zero-order valence-electron chi connectivity index (χ0n) is 14.2. The van der Waals surface area contributed by atoms with Crippen molar-refractivity contribution >= 4 is 11.5 Å². The lowest BCUT2D eigenvalue weighted by Crippen LogP contribution is -2.29. The number of hydrogen-bond acceptors (Lipinski definition) is 3. The molecule has 2 unspecified atom stereocenters. The van der Waals surface area contributed by atoms with Crippen molar-refractivity contribution in [1.82, 2.24) is 10.5 Å². The molecule has 1 aliphatic rings. The van der Waals surface area contributed by atoms with Crippen LogP contribution >= 0.6 is 0 Å². The van der Waals surface area contributed by atoms with Crippen LogP contribution in [0, 0.1) is 18.7 Å². The van der Waals surface area contributed by atoms with Crippen LogP contribution in [0.25, 0.3) is 5.57 Å². The average molecular weight is 380 g/mol. The quantitative estimate of drug-likeness (QED) is 0.476. The van der Waals surface area contributed by atoms with E-state index in [-0.39, 0.29) is 0 Å². The van der Waals surface area contributed by atoms with Crippen molar-refractivity contribution in [2.24, 2.45) is 5.92 Å². The van der Waals surface area contributed by atoms with Crippen molar-refractivity contribution in [2.45, 2.75) is 25.4 Å². The molecule has 0 spiro atoms. The number of carbonyl (C=O) groups is 1. The van der Waals surface area contributed by atoms with E-state index in [0.29, 0.717) is 28.7 Å². The molecule has 0 bridgehead atoms. The summed E-state index contributed by atoms with van der Waals surface area (Å²) in [6.07, 6.45) is -1.56. The van der Waals surface area contributed by atoms with Gasteiger partial charge in [-0.3, -0.25) is 15.0 Å². The number of benzene rings is 1. The Labute approximate surface area is 152 Å². The molecule has 1 aliphatic carbocycles. The van der Waals surface area contributed by atoms with Gasteiger partial charge in [-0.25, -0.2) is 9.87 Å². The molecule has 2 aromatic rings. The first-order chi connectivity index (χ1) is 12.7. The molecule has 2 N–H and O–H groups in total. The second-order valence-corrected chi connectivity index (χ2v) is 6.39. The fraction of sp³-hybridized carbons (Fsp3) is 0.263. The van der Waals surface area contributed by atoms with Gasteiger partial charge in [0.1, 0.15) is 11.5 Å². The maximum Gasteiger partial charge on any atom is 0.433 e. The first-order valence-electron chi connectivity index (χ1n) is 8.15. The number of allylic oxidation sites excluding steroid dienone is 1. The van der Waals surface area contributed by atoms with Crippen LogP contribution in [0.2, 0.25) is 0 Å². The first kappa shape index (κ1) is 19.0. The lowest BCUT2D eigenvalue weighted by atomic mass is 9.84. The number of hydrogen-bond donors (Lipinski definition) is 2. The fourth-order valence-corrected chi connectivity index (χ4v) is 3.39. The topological polar surface area (TPSA) is 62.2 Å². The van der Waals surface area contributed by atoms with Crippen LogP contribution in [0.15, 0.2) is 42.6 Å². The first-order valence-corrected chi connectivity index (χ1v) is 8.15. The molecule has 0 fully saturated rings. The summed E-state index contributed by atoms with van der Waals surface area (Å²) < 4.78 is 52.0. The third-order valence-corrected chi connectivity index (χ3v) is 4.80. The number of nitrogens with one attached hydrogen (secondary N) is 1. The lowest BCUT2D eigenvalue weighted by Gasteiger charge is -2.20. The van der Waals surface area contributed by atoms with E-state index in [2.05, 4.69) is 4.98 Å². The molecule has 0 radical (unpaired) electrons. The van der Waals surface area contributed by atoms with Crippen molar-refractivity contribution in [2.75, 3.05) is 0 Å². The van der Waals surface area contributed by atoms with Crippen molar-refractivity contribution in [3.05, 3.63) is 70.8 Å². The number of halogens is 4. The SMILES string of the molecule is Cc1c(F)cccc1C1CC(c2ccc(C(F)(F)F)nc2)=CC1C(=O)NO. The molecule has 1 heterocycles. The average Bonchev–Trinajstić information content (AvgIpc) is 3.08. The fourth-order valence-electron chi connectivity index (χ4n) is 3.39. The highest BCUT2D eigenvalue weighted by molar-refractivity contribution is 5.86. The van der Waals surface area contributed by atoms with Crippen molar-refractivity contribution in [3.8, 4) is 0 Å². The van der Waals surface area contributed by atoms with Crippen molar-refractivity contribution in [1.29, 1.82) is 0 Å². The summed E-state index contributed by atoms with van der Waals surface area (Å²) in [7, 11) is 0. The number of amides is 1. The molecule has 0 aliphatic heterocycles. The van der Waals surface area contributed by atoms with Crippen LogP contribution in [-0.4, -0.2) is 16.1 Å². The Morgan fingerprint density at radius 3 is 2.59 bits per heavy atom. The minimum atomic E-state index is -4.54. The van der Waals surface area contributed by atoms with E-state index < -0.39 is 35.4 Å². The van der Waals surface area contributed by atoms with E-state index in [9.17, 15) is 22.4 Å². The van der Waals surface area contributed by atoms with Gasteiger partial charge in [-0.2, -0.15) is 13.2 Å². The highest BCUT2D eigenvalue weighted by Crippen LogP contribution is 2.44. The monoisotopic (exact) mass is 380 g/mol. The Kier molecular flexibility index (Phi) is 5.01. The van der Waals surface area contributed by atoms with Gasteiger partial charge in [0.15, 0.2) is 0 Å². The Morgan fingerprint density at radius 2 is 2.00 bits per heavy atom. The van der Waals surface area contributed by atoms with Crippen LogP contribution < -0.4 is 5.48 Å². The Bertz CT molecular complexity index is 892. The minimum Gasteiger partial charge on any atom is -0.289 e. The Balaban J connectivity index is 1.96. The largest absolute Gasteiger partial charge is 0.433 e. The van der Waals surface area contributed by atoms with Crippen LogP contribution in [0.3, 0.4) is 0 Å². The number of nitrogens with zero attached hydrogens (tertiary/aromatic N) is 1. The van der Waals surface area contributed by atoms with E-state index in [1.54, 1.807) is 24.5 Å². The molecule has 142 valence electrons. The highest BCUT2D eigenvalue weighted by atomic mass is 19.4. The standard InChI is InChI=1S/C19H16F4N2O2/c1-10-13(3-2-4-16(10)20)14-7-12(8-15(14)18(26)25-27)11-5-6-17(24-9-11)19(21,22)23/h2-6,8-9,14-15,27H,7H2,1H3,(H,25,26). The van der Waals surface area contributed by atoms with Gasteiger partial charge in [0.25, 0.3) is 5.91 Å². The maximum atomic E-state index is 13.9. The number of hydroxylamine groups is 1. The summed E-state index contributed by atoms with van der Waals surface area (Å²) in [5.74, 6) is -2.32. The van der Waals surface area contributed by atoms with Gasteiger partial charge in [0.05, 0.1) is 5.92 Å². The molecule has 1 aromatic carbocycles. The number of aromatic nitrogens is 1. The number of rotatable bonds is 3. The normalized spacial score (nSPS) is 19.7. The van der Waals surface area contributed by atoms with Crippen LogP contribution in [0.1, 0.15) is 34.7 Å². The molecule has 4 nitrogen and oxygen atoms in total. The van der Waals surface area contributed by atoms with E-state index >= 15 is 0 Å². The molecule has 27 heavy (non-hydrogen) atoms. The predicted molar refractivity (Wildman–Crippen MR) is 89.1 cm³/mol.